The minimum Gasteiger partial charge on any atom is -0.300 e. The first-order valence-corrected chi connectivity index (χ1v) is 5.29. The van der Waals surface area contributed by atoms with E-state index in [0.717, 1.165) is 12.0 Å². The van der Waals surface area contributed by atoms with Gasteiger partial charge in [0.1, 0.15) is 11.9 Å². The Bertz CT molecular complexity index is 447. The van der Waals surface area contributed by atoms with Crippen LogP contribution >= 0.6 is 11.6 Å². The molecule has 0 amide bonds. The molecule has 76 valence electrons. The van der Waals surface area contributed by atoms with Gasteiger partial charge in [0.25, 0.3) is 0 Å². The summed E-state index contributed by atoms with van der Waals surface area (Å²) in [6, 6.07) is 7.45. The Hall–Kier alpha value is -1.33. The zero-order valence-corrected chi connectivity index (χ0v) is 8.92. The lowest BCUT2D eigenvalue weighted by molar-refractivity contribution is -0.117. The number of nitriles is 1. The third kappa shape index (κ3) is 2.03. The van der Waals surface area contributed by atoms with E-state index in [0.29, 0.717) is 35.1 Å². The Morgan fingerprint density at radius 3 is 2.80 bits per heavy atom. The van der Waals surface area contributed by atoms with Crippen LogP contribution in [0.2, 0.25) is 5.02 Å². The molecule has 0 aliphatic heterocycles. The van der Waals surface area contributed by atoms with Crippen LogP contribution in [0.15, 0.2) is 18.2 Å². The molecular formula is C12H10ClNO. The monoisotopic (exact) mass is 219 g/mol. The average Bonchev–Trinajstić information content (AvgIpc) is 2.65. The van der Waals surface area contributed by atoms with Gasteiger partial charge in [0, 0.05) is 12.8 Å². The summed E-state index contributed by atoms with van der Waals surface area (Å²) in [7, 11) is 0. The van der Waals surface area contributed by atoms with E-state index in [-0.39, 0.29) is 0 Å². The molecule has 0 radical (unpaired) electrons. The number of hydrogen-bond acceptors (Lipinski definition) is 2. The molecule has 1 aliphatic carbocycles. The number of ketones is 1. The molecule has 0 bridgehead atoms. The Kier molecular flexibility index (Phi) is 2.75. The quantitative estimate of drug-likeness (QED) is 0.729. The van der Waals surface area contributed by atoms with Gasteiger partial charge >= 0.3 is 0 Å². The normalized spacial score (nSPS) is 20.3. The van der Waals surface area contributed by atoms with Crippen molar-refractivity contribution in [1.82, 2.24) is 0 Å². The maximum absolute atomic E-state index is 11.1. The van der Waals surface area contributed by atoms with Crippen molar-refractivity contribution >= 4 is 17.4 Å². The summed E-state index contributed by atoms with van der Waals surface area (Å²) in [6.45, 7) is 0. The van der Waals surface area contributed by atoms with Gasteiger partial charge < -0.3 is 0 Å². The van der Waals surface area contributed by atoms with Crippen molar-refractivity contribution in [3.8, 4) is 6.07 Å². The summed E-state index contributed by atoms with van der Waals surface area (Å²) in [6.07, 6.45) is 2.19. The number of carbonyl (C=O) groups excluding carboxylic acids is 1. The van der Waals surface area contributed by atoms with Crippen molar-refractivity contribution in [2.24, 2.45) is 0 Å². The van der Waals surface area contributed by atoms with E-state index in [1.165, 1.54) is 0 Å². The standard InChI is InChI=1S/C12H10ClNO/c13-12-6-9(1-2-10(12)7-14)8-3-4-11(15)5-8/h1-2,6,8H,3-5H2. The third-order valence-electron chi connectivity index (χ3n) is 2.83. The summed E-state index contributed by atoms with van der Waals surface area (Å²) >= 11 is 5.94. The highest BCUT2D eigenvalue weighted by atomic mass is 35.5. The van der Waals surface area contributed by atoms with Crippen LogP contribution < -0.4 is 0 Å². The molecule has 1 aliphatic rings. The van der Waals surface area contributed by atoms with E-state index in [9.17, 15) is 4.79 Å². The van der Waals surface area contributed by atoms with Crippen LogP contribution in [-0.4, -0.2) is 5.78 Å². The molecule has 0 spiro atoms. The molecule has 15 heavy (non-hydrogen) atoms. The van der Waals surface area contributed by atoms with Crippen LogP contribution in [0.25, 0.3) is 0 Å². The smallest absolute Gasteiger partial charge is 0.133 e. The second kappa shape index (κ2) is 4.04. The summed E-state index contributed by atoms with van der Waals surface area (Å²) in [5, 5.41) is 9.21. The number of rotatable bonds is 1. The van der Waals surface area contributed by atoms with Crippen molar-refractivity contribution in [1.29, 1.82) is 5.26 Å². The van der Waals surface area contributed by atoms with Gasteiger partial charge in [0.05, 0.1) is 10.6 Å². The molecule has 1 saturated carbocycles. The number of Topliss-reactive ketones (excluding diaryl/α,β-unsaturated/α-hetero) is 1. The van der Waals surface area contributed by atoms with Gasteiger partial charge in [-0.3, -0.25) is 4.79 Å². The van der Waals surface area contributed by atoms with E-state index < -0.39 is 0 Å². The van der Waals surface area contributed by atoms with Crippen LogP contribution in [0, 0.1) is 11.3 Å². The summed E-state index contributed by atoms with van der Waals surface area (Å²) in [5.74, 6) is 0.614. The molecule has 1 aromatic rings. The summed E-state index contributed by atoms with van der Waals surface area (Å²) in [5.41, 5.74) is 1.56. The molecule has 1 aromatic carbocycles. The lowest BCUT2D eigenvalue weighted by atomic mass is 9.97. The number of hydrogen-bond donors (Lipinski definition) is 0. The molecular weight excluding hydrogens is 210 g/mol. The van der Waals surface area contributed by atoms with Gasteiger partial charge in [0.2, 0.25) is 0 Å². The first-order valence-electron chi connectivity index (χ1n) is 4.92. The molecule has 1 unspecified atom stereocenters. The van der Waals surface area contributed by atoms with Crippen LogP contribution in [0.5, 0.6) is 0 Å². The SMILES string of the molecule is N#Cc1ccc(C2CCC(=O)C2)cc1Cl. The van der Waals surface area contributed by atoms with Crippen LogP contribution in [-0.2, 0) is 4.79 Å². The van der Waals surface area contributed by atoms with Gasteiger partial charge in [-0.25, -0.2) is 0 Å². The maximum atomic E-state index is 11.1. The van der Waals surface area contributed by atoms with Crippen LogP contribution in [0.1, 0.15) is 36.3 Å². The number of halogens is 1. The fraction of sp³-hybridized carbons (Fsp3) is 0.333. The highest BCUT2D eigenvalue weighted by Crippen LogP contribution is 2.33. The largest absolute Gasteiger partial charge is 0.300 e. The van der Waals surface area contributed by atoms with E-state index >= 15 is 0 Å². The molecule has 0 heterocycles. The van der Waals surface area contributed by atoms with Gasteiger partial charge in [-0.2, -0.15) is 5.26 Å². The lowest BCUT2D eigenvalue weighted by Crippen LogP contribution is -1.94. The molecule has 0 N–H and O–H groups in total. The lowest BCUT2D eigenvalue weighted by Gasteiger charge is -2.08. The zero-order chi connectivity index (χ0) is 10.8. The molecule has 2 rings (SSSR count). The topological polar surface area (TPSA) is 40.9 Å². The minimum atomic E-state index is 0.294. The molecule has 1 fully saturated rings. The molecule has 0 aromatic heterocycles. The molecule has 0 saturated heterocycles. The predicted molar refractivity (Wildman–Crippen MR) is 57.8 cm³/mol. The number of benzene rings is 1. The van der Waals surface area contributed by atoms with E-state index in [4.69, 9.17) is 16.9 Å². The first kappa shape index (κ1) is 10.2. The van der Waals surface area contributed by atoms with Crippen molar-refractivity contribution in [2.75, 3.05) is 0 Å². The summed E-state index contributed by atoms with van der Waals surface area (Å²) < 4.78 is 0. The fourth-order valence-electron chi connectivity index (χ4n) is 1.97. The second-order valence-corrected chi connectivity index (χ2v) is 4.24. The predicted octanol–water partition coefficient (Wildman–Crippen LogP) is 3.05. The zero-order valence-electron chi connectivity index (χ0n) is 8.16. The fourth-order valence-corrected chi connectivity index (χ4v) is 2.21. The van der Waals surface area contributed by atoms with Gasteiger partial charge in [-0.15, -0.1) is 0 Å². The van der Waals surface area contributed by atoms with E-state index in [2.05, 4.69) is 0 Å². The number of nitrogens with zero attached hydrogens (tertiary/aromatic N) is 1. The van der Waals surface area contributed by atoms with Gasteiger partial charge in [0.15, 0.2) is 0 Å². The molecule has 1 atom stereocenters. The Morgan fingerprint density at radius 1 is 1.47 bits per heavy atom. The van der Waals surface area contributed by atoms with Crippen LogP contribution in [0.4, 0.5) is 0 Å². The average molecular weight is 220 g/mol. The van der Waals surface area contributed by atoms with E-state index in [1.54, 1.807) is 6.07 Å². The summed E-state index contributed by atoms with van der Waals surface area (Å²) in [4.78, 5) is 11.1. The Balaban J connectivity index is 2.27. The number of carbonyl (C=O) groups is 1. The van der Waals surface area contributed by atoms with Gasteiger partial charge in [-0.05, 0) is 30.0 Å². The van der Waals surface area contributed by atoms with Crippen molar-refractivity contribution < 1.29 is 4.79 Å². The highest BCUT2D eigenvalue weighted by molar-refractivity contribution is 6.31. The minimum absolute atomic E-state index is 0.294. The Labute approximate surface area is 93.5 Å². The Morgan fingerprint density at radius 2 is 2.27 bits per heavy atom. The van der Waals surface area contributed by atoms with E-state index in [1.807, 2.05) is 18.2 Å². The molecule has 3 heteroatoms. The van der Waals surface area contributed by atoms with Crippen molar-refractivity contribution in [3.05, 3.63) is 34.3 Å². The van der Waals surface area contributed by atoms with Crippen molar-refractivity contribution in [3.63, 3.8) is 0 Å². The third-order valence-corrected chi connectivity index (χ3v) is 3.14. The molecule has 2 nitrogen and oxygen atoms in total. The first-order chi connectivity index (χ1) is 7.20. The van der Waals surface area contributed by atoms with Crippen molar-refractivity contribution in [2.45, 2.75) is 25.2 Å². The van der Waals surface area contributed by atoms with Gasteiger partial charge in [-0.1, -0.05) is 17.7 Å². The second-order valence-electron chi connectivity index (χ2n) is 3.83. The van der Waals surface area contributed by atoms with Crippen LogP contribution in [0.3, 0.4) is 0 Å². The maximum Gasteiger partial charge on any atom is 0.133 e. The highest BCUT2D eigenvalue weighted by Gasteiger charge is 2.23.